The number of rotatable bonds is 4. The molecule has 1 saturated heterocycles. The maximum Gasteiger partial charge on any atom is 0.254 e. The van der Waals surface area contributed by atoms with Crippen LogP contribution in [0.4, 0.5) is 4.39 Å². The van der Waals surface area contributed by atoms with Crippen LogP contribution in [-0.2, 0) is 13.6 Å². The van der Waals surface area contributed by atoms with Crippen LogP contribution in [0.15, 0.2) is 30.6 Å². The lowest BCUT2D eigenvalue weighted by atomic mass is 10.0. The minimum Gasteiger partial charge on any atom is -0.348 e. The van der Waals surface area contributed by atoms with Gasteiger partial charge in [0.15, 0.2) is 0 Å². The van der Waals surface area contributed by atoms with Crippen LogP contribution in [0.1, 0.15) is 34.3 Å². The summed E-state index contributed by atoms with van der Waals surface area (Å²) in [6.45, 7) is 2.00. The van der Waals surface area contributed by atoms with E-state index in [9.17, 15) is 9.18 Å². The van der Waals surface area contributed by atoms with Gasteiger partial charge < -0.3 is 5.32 Å². The fourth-order valence-electron chi connectivity index (χ4n) is 3.11. The molecule has 1 atom stereocenters. The minimum absolute atomic E-state index is 0.0305. The summed E-state index contributed by atoms with van der Waals surface area (Å²) in [5, 5.41) is 15.8. The van der Waals surface area contributed by atoms with Crippen molar-refractivity contribution in [3.05, 3.63) is 53.1 Å². The molecule has 130 valence electrons. The number of likely N-dealkylation sites (tertiary alicyclic amines) is 1. The summed E-state index contributed by atoms with van der Waals surface area (Å²) in [5.74, 6) is -0.495. The monoisotopic (exact) mass is 341 g/mol. The Hall–Kier alpha value is -2.72. The molecule has 1 unspecified atom stereocenters. The summed E-state index contributed by atoms with van der Waals surface area (Å²) in [5.41, 5.74) is 1.43. The lowest BCUT2D eigenvalue weighted by molar-refractivity contribution is 0.0900. The third kappa shape index (κ3) is 4.22. The fraction of sp³-hybridized carbons (Fsp3) is 0.389. The molecule has 1 amide bonds. The second-order valence-electron chi connectivity index (χ2n) is 6.37. The van der Waals surface area contributed by atoms with E-state index in [2.05, 4.69) is 15.3 Å². The summed E-state index contributed by atoms with van der Waals surface area (Å²) in [7, 11) is 1.77. The Balaban J connectivity index is 1.59. The van der Waals surface area contributed by atoms with Crippen molar-refractivity contribution in [2.75, 3.05) is 13.1 Å². The summed E-state index contributed by atoms with van der Waals surface area (Å²) < 4.78 is 15.7. The molecule has 2 aromatic rings. The topological polar surface area (TPSA) is 74.0 Å². The first-order chi connectivity index (χ1) is 12.0. The van der Waals surface area contributed by atoms with Crippen molar-refractivity contribution in [1.82, 2.24) is 20.0 Å². The van der Waals surface area contributed by atoms with Crippen molar-refractivity contribution in [3.8, 4) is 6.07 Å². The average Bonchev–Trinajstić information content (AvgIpc) is 3.04. The molecule has 0 spiro atoms. The third-order valence-corrected chi connectivity index (χ3v) is 4.38. The van der Waals surface area contributed by atoms with E-state index in [-0.39, 0.29) is 17.8 Å². The Morgan fingerprint density at radius 3 is 3.04 bits per heavy atom. The molecule has 2 heterocycles. The van der Waals surface area contributed by atoms with E-state index >= 15 is 0 Å². The van der Waals surface area contributed by atoms with E-state index < -0.39 is 0 Å². The lowest BCUT2D eigenvalue weighted by Crippen LogP contribution is -2.47. The summed E-state index contributed by atoms with van der Waals surface area (Å²) in [4.78, 5) is 14.4. The molecule has 25 heavy (non-hydrogen) atoms. The molecular formula is C18H20FN5O. The Morgan fingerprint density at radius 1 is 1.52 bits per heavy atom. The average molecular weight is 341 g/mol. The predicted octanol–water partition coefficient (Wildman–Crippen LogP) is 1.83. The Bertz CT molecular complexity index is 810. The molecular weight excluding hydrogens is 321 g/mol. The van der Waals surface area contributed by atoms with Crippen LogP contribution in [0.2, 0.25) is 0 Å². The number of aryl methyl sites for hydroxylation is 1. The van der Waals surface area contributed by atoms with Crippen LogP contribution >= 0.6 is 0 Å². The summed E-state index contributed by atoms with van der Waals surface area (Å²) in [6.07, 6.45) is 5.07. The van der Waals surface area contributed by atoms with E-state index in [4.69, 9.17) is 5.26 Å². The van der Waals surface area contributed by atoms with Gasteiger partial charge in [-0.3, -0.25) is 14.4 Å². The molecule has 1 fully saturated rings. The number of aromatic nitrogens is 2. The number of nitriles is 1. The highest BCUT2D eigenvalue weighted by molar-refractivity contribution is 5.93. The van der Waals surface area contributed by atoms with E-state index in [0.717, 1.165) is 19.4 Å². The first-order valence-electron chi connectivity index (χ1n) is 8.25. The zero-order chi connectivity index (χ0) is 17.8. The predicted molar refractivity (Wildman–Crippen MR) is 90.1 cm³/mol. The van der Waals surface area contributed by atoms with Gasteiger partial charge in [0.05, 0.1) is 23.4 Å². The Morgan fingerprint density at radius 2 is 2.36 bits per heavy atom. The van der Waals surface area contributed by atoms with E-state index in [1.807, 2.05) is 6.07 Å². The number of carbonyl (C=O) groups is 1. The highest BCUT2D eigenvalue weighted by Gasteiger charge is 2.23. The number of nitrogens with zero attached hydrogens (tertiary/aromatic N) is 4. The normalized spacial score (nSPS) is 17.9. The number of halogens is 1. The van der Waals surface area contributed by atoms with Gasteiger partial charge in [-0.25, -0.2) is 4.39 Å². The molecule has 0 saturated carbocycles. The quantitative estimate of drug-likeness (QED) is 0.921. The van der Waals surface area contributed by atoms with Crippen molar-refractivity contribution in [3.63, 3.8) is 0 Å². The van der Waals surface area contributed by atoms with Crippen LogP contribution in [0.3, 0.4) is 0 Å². The van der Waals surface area contributed by atoms with Crippen molar-refractivity contribution >= 4 is 5.91 Å². The van der Waals surface area contributed by atoms with E-state index in [0.29, 0.717) is 29.8 Å². The zero-order valence-electron chi connectivity index (χ0n) is 14.1. The number of amides is 1. The van der Waals surface area contributed by atoms with Crippen LogP contribution < -0.4 is 5.32 Å². The van der Waals surface area contributed by atoms with Gasteiger partial charge in [0.25, 0.3) is 5.91 Å². The number of hydrogen-bond donors (Lipinski definition) is 1. The highest BCUT2D eigenvalue weighted by Crippen LogP contribution is 2.17. The SMILES string of the molecule is Cn1cc(C(=O)NC2CCCN(Cc3ccc(C#N)cc3F)C2)cn1. The van der Waals surface area contributed by atoms with Gasteiger partial charge in [-0.1, -0.05) is 6.07 Å². The van der Waals surface area contributed by atoms with E-state index in [1.54, 1.807) is 36.3 Å². The Labute approximate surface area is 145 Å². The van der Waals surface area contributed by atoms with Crippen molar-refractivity contribution < 1.29 is 9.18 Å². The van der Waals surface area contributed by atoms with Gasteiger partial charge in [-0.15, -0.1) is 0 Å². The van der Waals surface area contributed by atoms with Gasteiger partial charge in [-0.05, 0) is 31.5 Å². The second-order valence-corrected chi connectivity index (χ2v) is 6.37. The molecule has 1 N–H and O–H groups in total. The molecule has 1 aliphatic rings. The number of nitrogens with one attached hydrogen (secondary N) is 1. The molecule has 1 aliphatic heterocycles. The first-order valence-corrected chi connectivity index (χ1v) is 8.25. The van der Waals surface area contributed by atoms with Crippen molar-refractivity contribution in [2.45, 2.75) is 25.4 Å². The molecule has 0 aliphatic carbocycles. The third-order valence-electron chi connectivity index (χ3n) is 4.38. The number of carbonyl (C=O) groups excluding carboxylic acids is 1. The van der Waals surface area contributed by atoms with Crippen LogP contribution in [0.5, 0.6) is 0 Å². The first kappa shape index (κ1) is 17.1. The van der Waals surface area contributed by atoms with Crippen LogP contribution in [0, 0.1) is 17.1 Å². The van der Waals surface area contributed by atoms with Gasteiger partial charge in [0, 0.05) is 37.9 Å². The summed E-state index contributed by atoms with van der Waals surface area (Å²) in [6, 6.07) is 6.52. The smallest absolute Gasteiger partial charge is 0.254 e. The van der Waals surface area contributed by atoms with Gasteiger partial charge in [0.1, 0.15) is 5.82 Å². The maximum absolute atomic E-state index is 14.1. The molecule has 6 nitrogen and oxygen atoms in total. The summed E-state index contributed by atoms with van der Waals surface area (Å²) >= 11 is 0. The van der Waals surface area contributed by atoms with Gasteiger partial charge >= 0.3 is 0 Å². The lowest BCUT2D eigenvalue weighted by Gasteiger charge is -2.33. The second kappa shape index (κ2) is 7.45. The largest absolute Gasteiger partial charge is 0.348 e. The highest BCUT2D eigenvalue weighted by atomic mass is 19.1. The molecule has 3 rings (SSSR count). The molecule has 1 aromatic carbocycles. The number of benzene rings is 1. The van der Waals surface area contributed by atoms with Crippen LogP contribution in [-0.4, -0.2) is 39.7 Å². The van der Waals surface area contributed by atoms with Gasteiger partial charge in [-0.2, -0.15) is 10.4 Å². The molecule has 7 heteroatoms. The standard InChI is InChI=1S/C18H20FN5O/c1-23-10-15(9-21-23)18(25)22-16-3-2-6-24(12-16)11-14-5-4-13(8-20)7-17(14)19/h4-5,7,9-10,16H,2-3,6,11-12H2,1H3,(H,22,25). The molecule has 0 radical (unpaired) electrons. The minimum atomic E-state index is -0.361. The van der Waals surface area contributed by atoms with Crippen molar-refractivity contribution in [1.29, 1.82) is 5.26 Å². The molecule has 0 bridgehead atoms. The number of hydrogen-bond acceptors (Lipinski definition) is 4. The number of piperidine rings is 1. The van der Waals surface area contributed by atoms with Crippen molar-refractivity contribution in [2.24, 2.45) is 7.05 Å². The maximum atomic E-state index is 14.1. The molecule has 1 aromatic heterocycles. The van der Waals surface area contributed by atoms with Gasteiger partial charge in [0.2, 0.25) is 0 Å². The van der Waals surface area contributed by atoms with Crippen LogP contribution in [0.25, 0.3) is 0 Å². The zero-order valence-corrected chi connectivity index (χ0v) is 14.1. The van der Waals surface area contributed by atoms with E-state index in [1.165, 1.54) is 6.07 Å². The fourth-order valence-corrected chi connectivity index (χ4v) is 3.11. The Kier molecular flexibility index (Phi) is 5.10.